The van der Waals surface area contributed by atoms with Crippen LogP contribution in [0.3, 0.4) is 0 Å². The Morgan fingerprint density at radius 3 is 2.52 bits per heavy atom. The Morgan fingerprint density at radius 1 is 1.19 bits per heavy atom. The molecule has 0 radical (unpaired) electrons. The van der Waals surface area contributed by atoms with E-state index in [1.54, 1.807) is 11.8 Å². The monoisotopic (exact) mass is 402 g/mol. The van der Waals surface area contributed by atoms with Gasteiger partial charge in [0.25, 0.3) is 0 Å². The van der Waals surface area contributed by atoms with Gasteiger partial charge in [-0.15, -0.1) is 10.2 Å². The molecule has 1 aliphatic heterocycles. The molecule has 2 heterocycles. The smallest absolute Gasteiger partial charge is 0.240 e. The molecule has 6 nitrogen and oxygen atoms in total. The molecular weight excluding hydrogens is 380 g/mol. The lowest BCUT2D eigenvalue weighted by Crippen LogP contribution is -2.31. The van der Waals surface area contributed by atoms with Crippen molar-refractivity contribution in [1.29, 1.82) is 0 Å². The lowest BCUT2D eigenvalue weighted by Gasteiger charge is -2.22. The molecule has 4 rings (SSSR count). The number of anilines is 1. The van der Waals surface area contributed by atoms with Gasteiger partial charge in [0, 0.05) is 26.1 Å². The summed E-state index contributed by atoms with van der Waals surface area (Å²) in [5, 5.41) is 8.80. The third kappa shape index (κ3) is 4.16. The molecule has 2 fully saturated rings. The van der Waals surface area contributed by atoms with Crippen molar-refractivity contribution in [2.75, 3.05) is 18.0 Å². The second-order valence-corrected chi connectivity index (χ2v) is 9.22. The highest BCUT2D eigenvalue weighted by molar-refractivity contribution is 8.01. The Kier molecular flexibility index (Phi) is 5.45. The normalized spacial score (nSPS) is 17.7. The predicted molar refractivity (Wildman–Crippen MR) is 107 cm³/mol. The number of carbonyl (C=O) groups is 2. The van der Waals surface area contributed by atoms with E-state index in [0.717, 1.165) is 48.7 Å². The van der Waals surface area contributed by atoms with E-state index in [-0.39, 0.29) is 23.1 Å². The number of benzene rings is 1. The molecule has 142 valence electrons. The van der Waals surface area contributed by atoms with Crippen LogP contribution in [-0.4, -0.2) is 46.0 Å². The first kappa shape index (κ1) is 18.4. The maximum atomic E-state index is 13.1. The van der Waals surface area contributed by atoms with Crippen molar-refractivity contribution in [2.24, 2.45) is 0 Å². The van der Waals surface area contributed by atoms with Crippen LogP contribution in [0, 0.1) is 0 Å². The number of aromatic nitrogens is 2. The molecule has 0 spiro atoms. The van der Waals surface area contributed by atoms with Crippen LogP contribution in [-0.2, 0) is 9.59 Å². The fourth-order valence-electron chi connectivity index (χ4n) is 3.32. The van der Waals surface area contributed by atoms with Crippen LogP contribution >= 0.6 is 23.1 Å². The average molecular weight is 403 g/mol. The molecule has 27 heavy (non-hydrogen) atoms. The third-order valence-electron chi connectivity index (χ3n) is 4.82. The largest absolute Gasteiger partial charge is 0.341 e. The molecule has 1 aromatic heterocycles. The molecule has 0 N–H and O–H groups in total. The summed E-state index contributed by atoms with van der Waals surface area (Å²) in [6.07, 6.45) is 4.16. The molecule has 8 heteroatoms. The summed E-state index contributed by atoms with van der Waals surface area (Å²) in [5.74, 6) is 0.129. The minimum atomic E-state index is -0.336. The number of hydrogen-bond donors (Lipinski definition) is 0. The van der Waals surface area contributed by atoms with Crippen molar-refractivity contribution in [1.82, 2.24) is 15.1 Å². The molecule has 2 aromatic rings. The summed E-state index contributed by atoms with van der Waals surface area (Å²) >= 11 is 2.83. The first-order valence-electron chi connectivity index (χ1n) is 9.27. The van der Waals surface area contributed by atoms with Crippen LogP contribution in [0.4, 0.5) is 5.13 Å². The Morgan fingerprint density at radius 2 is 1.89 bits per heavy atom. The number of rotatable bonds is 6. The number of hydrogen-bond acceptors (Lipinski definition) is 6. The zero-order chi connectivity index (χ0) is 18.8. The molecular formula is C19H22N4O2S2. The van der Waals surface area contributed by atoms with Crippen molar-refractivity contribution in [3.8, 4) is 0 Å². The summed E-state index contributed by atoms with van der Waals surface area (Å²) in [6.45, 7) is 3.21. The highest BCUT2D eigenvalue weighted by Crippen LogP contribution is 2.41. The highest BCUT2D eigenvalue weighted by atomic mass is 32.2. The second kappa shape index (κ2) is 7.98. The minimum absolute atomic E-state index is 0.00190. The fraction of sp³-hybridized carbons (Fsp3) is 0.474. The Hall–Kier alpha value is -1.93. The zero-order valence-corrected chi connectivity index (χ0v) is 16.8. The third-order valence-corrected chi connectivity index (χ3v) is 7.06. The van der Waals surface area contributed by atoms with Crippen molar-refractivity contribution in [3.63, 3.8) is 0 Å². The Bertz CT molecular complexity index is 816. The second-order valence-electron chi connectivity index (χ2n) is 6.91. The molecule has 0 unspecified atom stereocenters. The molecule has 1 saturated carbocycles. The minimum Gasteiger partial charge on any atom is -0.341 e. The van der Waals surface area contributed by atoms with Gasteiger partial charge in [-0.2, -0.15) is 0 Å². The molecule has 2 amide bonds. The predicted octanol–water partition coefficient (Wildman–Crippen LogP) is 3.51. The van der Waals surface area contributed by atoms with Gasteiger partial charge in [0.2, 0.25) is 16.9 Å². The number of nitrogens with zero attached hydrogens (tertiary/aromatic N) is 4. The summed E-state index contributed by atoms with van der Waals surface area (Å²) in [7, 11) is 0. The van der Waals surface area contributed by atoms with E-state index in [0.29, 0.717) is 5.13 Å². The van der Waals surface area contributed by atoms with E-state index in [1.165, 1.54) is 23.1 Å². The van der Waals surface area contributed by atoms with E-state index in [4.69, 9.17) is 0 Å². The van der Waals surface area contributed by atoms with Gasteiger partial charge in [-0.3, -0.25) is 14.5 Å². The molecule has 1 atom stereocenters. The Balaban J connectivity index is 1.56. The van der Waals surface area contributed by atoms with Crippen LogP contribution in [0.5, 0.6) is 0 Å². The van der Waals surface area contributed by atoms with E-state index >= 15 is 0 Å². The maximum Gasteiger partial charge on any atom is 0.240 e. The van der Waals surface area contributed by atoms with E-state index in [2.05, 4.69) is 10.2 Å². The van der Waals surface area contributed by atoms with E-state index in [1.807, 2.05) is 35.2 Å². The van der Waals surface area contributed by atoms with Gasteiger partial charge in [0.15, 0.2) is 4.34 Å². The SMILES string of the molecule is CC(=O)N(c1nnc(S[C@H](C(=O)N2CCCC2)c2ccccc2)s1)C1CC1. The summed E-state index contributed by atoms with van der Waals surface area (Å²) in [4.78, 5) is 28.8. The first-order valence-corrected chi connectivity index (χ1v) is 11.0. The van der Waals surface area contributed by atoms with Gasteiger partial charge in [-0.05, 0) is 31.2 Å². The van der Waals surface area contributed by atoms with Crippen LogP contribution in [0.2, 0.25) is 0 Å². The quantitative estimate of drug-likeness (QED) is 0.546. The van der Waals surface area contributed by atoms with Crippen LogP contribution in [0.15, 0.2) is 34.7 Å². The van der Waals surface area contributed by atoms with Crippen molar-refractivity contribution < 1.29 is 9.59 Å². The highest BCUT2D eigenvalue weighted by Gasteiger charge is 2.35. The molecule has 1 saturated heterocycles. The van der Waals surface area contributed by atoms with Crippen LogP contribution < -0.4 is 4.90 Å². The lowest BCUT2D eigenvalue weighted by molar-refractivity contribution is -0.129. The van der Waals surface area contributed by atoms with E-state index < -0.39 is 0 Å². The van der Waals surface area contributed by atoms with Gasteiger partial charge in [0.05, 0.1) is 0 Å². The molecule has 0 bridgehead atoms. The number of thioether (sulfide) groups is 1. The Labute approximate surface area is 167 Å². The molecule has 1 aromatic carbocycles. The first-order chi connectivity index (χ1) is 13.1. The van der Waals surface area contributed by atoms with Crippen LogP contribution in [0.25, 0.3) is 0 Å². The zero-order valence-electron chi connectivity index (χ0n) is 15.2. The van der Waals surface area contributed by atoms with Gasteiger partial charge in [-0.1, -0.05) is 53.4 Å². The average Bonchev–Trinajstić information content (AvgIpc) is 3.16. The van der Waals surface area contributed by atoms with Gasteiger partial charge >= 0.3 is 0 Å². The fourth-order valence-corrected chi connectivity index (χ4v) is 5.55. The van der Waals surface area contributed by atoms with Crippen LogP contribution in [0.1, 0.15) is 43.4 Å². The molecule has 1 aliphatic carbocycles. The van der Waals surface area contributed by atoms with E-state index in [9.17, 15) is 9.59 Å². The van der Waals surface area contributed by atoms with Gasteiger partial charge in [-0.25, -0.2) is 0 Å². The lowest BCUT2D eigenvalue weighted by atomic mass is 10.1. The standard InChI is InChI=1S/C19H22N4O2S2/c1-13(24)23(15-9-10-15)18-20-21-19(27-18)26-16(14-7-3-2-4-8-14)17(25)22-11-5-6-12-22/h2-4,7-8,15-16H,5-6,9-12H2,1H3/t16-/m0/s1. The summed E-state index contributed by atoms with van der Waals surface area (Å²) < 4.78 is 0.721. The van der Waals surface area contributed by atoms with Crippen molar-refractivity contribution in [3.05, 3.63) is 35.9 Å². The summed E-state index contributed by atoms with van der Waals surface area (Å²) in [5.41, 5.74) is 0.974. The van der Waals surface area contributed by atoms with Crippen molar-refractivity contribution >= 4 is 40.0 Å². The number of carbonyl (C=O) groups excluding carboxylic acids is 2. The van der Waals surface area contributed by atoms with Crippen molar-refractivity contribution in [2.45, 2.75) is 48.2 Å². The van der Waals surface area contributed by atoms with Gasteiger partial charge in [0.1, 0.15) is 5.25 Å². The topological polar surface area (TPSA) is 66.4 Å². The number of likely N-dealkylation sites (tertiary alicyclic amines) is 1. The molecule has 2 aliphatic rings. The maximum absolute atomic E-state index is 13.1. The summed E-state index contributed by atoms with van der Waals surface area (Å²) in [6, 6.07) is 10.1. The number of amides is 2. The van der Waals surface area contributed by atoms with Gasteiger partial charge < -0.3 is 4.90 Å².